The van der Waals surface area contributed by atoms with E-state index in [0.29, 0.717) is 62.2 Å². The summed E-state index contributed by atoms with van der Waals surface area (Å²) in [6, 6.07) is 12.5. The number of nitrogens with zero attached hydrogens (tertiary/aromatic N) is 6. The number of piperazine rings is 1. The summed E-state index contributed by atoms with van der Waals surface area (Å²) in [5.74, 6) is 0.808. The number of ether oxygens (including phenoxy) is 1. The Kier molecular flexibility index (Phi) is 7.62. The molecule has 1 aromatic heterocycles. The fraction of sp³-hybridized carbons (Fsp3) is 0.500. The highest BCUT2D eigenvalue weighted by molar-refractivity contribution is 5.97. The number of nitriles is 1. The molecule has 8 nitrogen and oxygen atoms in total. The average molecular weight is 566 g/mol. The molecule has 41 heavy (non-hydrogen) atoms. The summed E-state index contributed by atoms with van der Waals surface area (Å²) in [6.07, 6.45) is -1.29. The van der Waals surface area contributed by atoms with Crippen LogP contribution in [-0.4, -0.2) is 73.3 Å². The van der Waals surface area contributed by atoms with Crippen LogP contribution in [-0.2, 0) is 19.1 Å². The van der Waals surface area contributed by atoms with Crippen molar-refractivity contribution in [1.29, 1.82) is 5.26 Å². The average Bonchev–Trinajstić information content (AvgIpc) is 3.39. The van der Waals surface area contributed by atoms with Crippen molar-refractivity contribution in [1.82, 2.24) is 20.2 Å². The van der Waals surface area contributed by atoms with E-state index in [2.05, 4.69) is 28.2 Å². The van der Waals surface area contributed by atoms with Crippen molar-refractivity contribution in [3.8, 4) is 12.1 Å². The number of aromatic nitrogens is 2. The maximum atomic E-state index is 14.1. The van der Waals surface area contributed by atoms with Crippen LogP contribution in [0.4, 0.5) is 24.7 Å². The minimum absolute atomic E-state index is 0.0347. The Bertz CT molecular complexity index is 1450. The second-order valence-corrected chi connectivity index (χ2v) is 11.2. The molecule has 0 unspecified atom stereocenters. The molecule has 4 heterocycles. The normalized spacial score (nSPS) is 21.6. The first-order chi connectivity index (χ1) is 19.8. The molecule has 2 saturated heterocycles. The Balaban J connectivity index is 1.36. The van der Waals surface area contributed by atoms with E-state index >= 15 is 0 Å². The van der Waals surface area contributed by atoms with Crippen molar-refractivity contribution >= 4 is 22.3 Å². The van der Waals surface area contributed by atoms with E-state index in [4.69, 9.17) is 14.7 Å². The van der Waals surface area contributed by atoms with E-state index in [9.17, 15) is 18.4 Å². The highest BCUT2D eigenvalue weighted by Crippen LogP contribution is 2.41. The summed E-state index contributed by atoms with van der Waals surface area (Å²) < 4.78 is 48.3. The predicted octanol–water partition coefficient (Wildman–Crippen LogP) is 4.38. The van der Waals surface area contributed by atoms with E-state index in [0.717, 1.165) is 55.6 Å². The molecule has 3 aromatic rings. The topological polar surface area (TPSA) is 80.5 Å². The molecule has 1 N–H and O–H groups in total. The van der Waals surface area contributed by atoms with Crippen molar-refractivity contribution in [2.24, 2.45) is 0 Å². The lowest BCUT2D eigenvalue weighted by Crippen LogP contribution is -2.51. The Morgan fingerprint density at radius 1 is 1.10 bits per heavy atom. The minimum Gasteiger partial charge on any atom is -0.462 e. The Morgan fingerprint density at radius 2 is 1.93 bits per heavy atom. The van der Waals surface area contributed by atoms with Gasteiger partial charge in [-0.05, 0) is 50.4 Å². The number of likely N-dealkylation sites (tertiary alicyclic amines) is 1. The number of hydrogen-bond donors (Lipinski definition) is 1. The van der Waals surface area contributed by atoms with Crippen molar-refractivity contribution < 1.29 is 17.9 Å². The molecule has 0 amide bonds. The van der Waals surface area contributed by atoms with Crippen LogP contribution in [0.3, 0.4) is 0 Å². The van der Waals surface area contributed by atoms with Gasteiger partial charge in [-0.2, -0.15) is 28.4 Å². The van der Waals surface area contributed by atoms with Crippen molar-refractivity contribution in [3.05, 3.63) is 53.2 Å². The van der Waals surface area contributed by atoms with E-state index in [1.54, 1.807) is 24.3 Å². The van der Waals surface area contributed by atoms with Gasteiger partial charge < -0.3 is 24.8 Å². The molecule has 11 heteroatoms. The molecular weight excluding hydrogens is 531 g/mol. The maximum Gasteiger partial charge on any atom is 0.417 e. The number of alkyl halides is 3. The van der Waals surface area contributed by atoms with Crippen LogP contribution in [0.2, 0.25) is 0 Å². The van der Waals surface area contributed by atoms with Gasteiger partial charge in [-0.3, -0.25) is 0 Å². The van der Waals surface area contributed by atoms with Crippen molar-refractivity contribution in [3.63, 3.8) is 0 Å². The molecule has 2 aromatic carbocycles. The molecule has 0 saturated carbocycles. The third kappa shape index (κ3) is 5.63. The van der Waals surface area contributed by atoms with Crippen LogP contribution < -0.4 is 19.9 Å². The Hall–Kier alpha value is -3.62. The van der Waals surface area contributed by atoms with Crippen LogP contribution in [0.25, 0.3) is 10.8 Å². The van der Waals surface area contributed by atoms with Gasteiger partial charge in [-0.1, -0.05) is 24.3 Å². The molecule has 0 bridgehead atoms. The second-order valence-electron chi connectivity index (χ2n) is 11.2. The lowest BCUT2D eigenvalue weighted by atomic mass is 9.98. The number of halogens is 3. The smallest absolute Gasteiger partial charge is 0.417 e. The van der Waals surface area contributed by atoms with Crippen molar-refractivity contribution in [2.45, 2.75) is 50.5 Å². The molecule has 0 radical (unpaired) electrons. The first kappa shape index (κ1) is 27.5. The minimum atomic E-state index is -4.46. The standard InChI is InChI=1S/C30H34F3N7O/c1-38-14-4-7-22(38)19-41-29-36-25-18-39(26-9-3-6-20-5-2-8-24(27(20)26)30(31,32)33)15-11-23(25)28(37-29)40-16-13-35-21(17-40)10-12-34/h2-3,5-6,8-9,21-22,35H,4,7,10-11,13-19H2,1H3/t21-,22-/m0/s1. The highest BCUT2D eigenvalue weighted by atomic mass is 19.4. The third-order valence-corrected chi connectivity index (χ3v) is 8.52. The number of anilines is 2. The van der Waals surface area contributed by atoms with Crippen LogP contribution in [0.1, 0.15) is 36.1 Å². The zero-order valence-corrected chi connectivity index (χ0v) is 23.1. The monoisotopic (exact) mass is 565 g/mol. The number of likely N-dealkylation sites (N-methyl/N-ethyl adjacent to an activating group) is 1. The Morgan fingerprint density at radius 3 is 2.68 bits per heavy atom. The van der Waals surface area contributed by atoms with E-state index in [1.165, 1.54) is 6.07 Å². The van der Waals surface area contributed by atoms with Crippen LogP contribution in [0.15, 0.2) is 36.4 Å². The first-order valence-corrected chi connectivity index (χ1v) is 14.2. The molecule has 216 valence electrons. The van der Waals surface area contributed by atoms with Crippen molar-refractivity contribution in [2.75, 3.05) is 56.2 Å². The van der Waals surface area contributed by atoms with Gasteiger partial charge in [0.25, 0.3) is 0 Å². The fourth-order valence-corrected chi connectivity index (χ4v) is 6.37. The summed E-state index contributed by atoms with van der Waals surface area (Å²) in [4.78, 5) is 16.2. The Labute approximate surface area is 237 Å². The van der Waals surface area contributed by atoms with E-state index in [1.807, 2.05) is 4.90 Å². The van der Waals surface area contributed by atoms with Crippen LogP contribution in [0.5, 0.6) is 6.01 Å². The van der Waals surface area contributed by atoms with Gasteiger partial charge in [0.15, 0.2) is 0 Å². The number of benzene rings is 2. The molecule has 3 aliphatic heterocycles. The van der Waals surface area contributed by atoms with Gasteiger partial charge in [0.1, 0.15) is 12.4 Å². The molecule has 6 rings (SSSR count). The van der Waals surface area contributed by atoms with Crippen LogP contribution in [0, 0.1) is 11.3 Å². The zero-order valence-electron chi connectivity index (χ0n) is 23.1. The maximum absolute atomic E-state index is 14.1. The van der Waals surface area contributed by atoms with Gasteiger partial charge in [0.2, 0.25) is 0 Å². The summed E-state index contributed by atoms with van der Waals surface area (Å²) in [7, 11) is 2.09. The summed E-state index contributed by atoms with van der Waals surface area (Å²) in [6.45, 7) is 4.51. The van der Waals surface area contributed by atoms with Gasteiger partial charge in [0, 0.05) is 54.9 Å². The predicted molar refractivity (Wildman–Crippen MR) is 151 cm³/mol. The number of hydrogen-bond acceptors (Lipinski definition) is 8. The van der Waals surface area contributed by atoms with Gasteiger partial charge in [-0.15, -0.1) is 0 Å². The first-order valence-electron chi connectivity index (χ1n) is 14.2. The number of nitrogens with one attached hydrogen (secondary N) is 1. The van der Waals surface area contributed by atoms with E-state index in [-0.39, 0.29) is 11.4 Å². The fourth-order valence-electron chi connectivity index (χ4n) is 6.37. The molecule has 0 spiro atoms. The van der Waals surface area contributed by atoms with Gasteiger partial charge in [0.05, 0.1) is 30.3 Å². The van der Waals surface area contributed by atoms with Gasteiger partial charge in [-0.25, -0.2) is 0 Å². The largest absolute Gasteiger partial charge is 0.462 e. The van der Waals surface area contributed by atoms with Gasteiger partial charge >= 0.3 is 12.2 Å². The number of rotatable bonds is 6. The molecule has 2 fully saturated rings. The molecule has 2 atom stereocenters. The third-order valence-electron chi connectivity index (χ3n) is 8.52. The SMILES string of the molecule is CN1CCC[C@H]1COc1nc2c(c(N3CCN[C@@H](CC#N)C3)n1)CCN(c1cccc3cccc(C(F)(F)F)c13)C2. The van der Waals surface area contributed by atoms with E-state index < -0.39 is 11.7 Å². The summed E-state index contributed by atoms with van der Waals surface area (Å²) in [5, 5.41) is 13.4. The highest BCUT2D eigenvalue weighted by Gasteiger charge is 2.35. The second kappa shape index (κ2) is 11.3. The lowest BCUT2D eigenvalue weighted by molar-refractivity contribution is -0.136. The van der Waals surface area contributed by atoms with Crippen LogP contribution >= 0.6 is 0 Å². The summed E-state index contributed by atoms with van der Waals surface area (Å²) in [5.41, 5.74) is 1.69. The molecule has 0 aliphatic carbocycles. The zero-order chi connectivity index (χ0) is 28.6. The number of fused-ring (bicyclic) bond motifs is 2. The quantitative estimate of drug-likeness (QED) is 0.472. The molecule has 3 aliphatic rings. The lowest BCUT2D eigenvalue weighted by Gasteiger charge is -2.37. The summed E-state index contributed by atoms with van der Waals surface area (Å²) >= 11 is 0. The molecular formula is C30H34F3N7O.